The topological polar surface area (TPSA) is 75.1 Å². The van der Waals surface area contributed by atoms with Gasteiger partial charge in [0, 0.05) is 30.5 Å². The second-order valence-corrected chi connectivity index (χ2v) is 9.82. The molecular formula is C24H28N6OS. The average Bonchev–Trinajstić information content (AvgIpc) is 3.41. The van der Waals surface area contributed by atoms with Gasteiger partial charge in [0.05, 0.1) is 29.0 Å². The molecule has 2 aliphatic heterocycles. The Morgan fingerprint density at radius 3 is 2.72 bits per heavy atom. The molecule has 7 nitrogen and oxygen atoms in total. The van der Waals surface area contributed by atoms with E-state index in [4.69, 9.17) is 9.97 Å². The maximum Gasteiger partial charge on any atom is 0.266 e. The van der Waals surface area contributed by atoms with Gasteiger partial charge in [-0.1, -0.05) is 6.07 Å². The lowest BCUT2D eigenvalue weighted by Crippen LogP contribution is -2.34. The van der Waals surface area contributed by atoms with E-state index in [1.54, 1.807) is 0 Å². The Hall–Kier alpha value is -2.87. The Morgan fingerprint density at radius 1 is 1.09 bits per heavy atom. The number of carbonyl (C=O) groups excluding carboxylic acids is 1. The molecule has 0 unspecified atom stereocenters. The van der Waals surface area contributed by atoms with Gasteiger partial charge in [0.2, 0.25) is 0 Å². The molecule has 5 rings (SSSR count). The maximum atomic E-state index is 13.4. The number of rotatable bonds is 4. The van der Waals surface area contributed by atoms with Crippen LogP contribution in [0.25, 0.3) is 0 Å². The second kappa shape index (κ2) is 8.58. The van der Waals surface area contributed by atoms with E-state index in [2.05, 4.69) is 27.9 Å². The fourth-order valence-electron chi connectivity index (χ4n) is 4.84. The lowest BCUT2D eigenvalue weighted by molar-refractivity contribution is 0.0733. The van der Waals surface area contributed by atoms with Gasteiger partial charge in [0.25, 0.3) is 5.91 Å². The Kier molecular flexibility index (Phi) is 5.63. The minimum atomic E-state index is -0.0908. The van der Waals surface area contributed by atoms with Crippen LogP contribution in [0.2, 0.25) is 0 Å². The number of hydrogen-bond donors (Lipinski definition) is 0. The first-order valence-corrected chi connectivity index (χ1v) is 12.1. The third kappa shape index (κ3) is 3.88. The SMILES string of the molecule is Cc1nc(C)c(C(=O)N2CCC[C@@H]2c2nc(C)c3c(n2)N(Cc2ccccn2)CCC3)s1. The van der Waals surface area contributed by atoms with E-state index in [-0.39, 0.29) is 11.9 Å². The monoisotopic (exact) mass is 448 g/mol. The molecule has 3 aromatic rings. The van der Waals surface area contributed by atoms with E-state index in [9.17, 15) is 4.79 Å². The second-order valence-electron chi connectivity index (χ2n) is 8.62. The first kappa shape index (κ1) is 21.0. The van der Waals surface area contributed by atoms with Crippen molar-refractivity contribution in [1.82, 2.24) is 24.8 Å². The highest BCUT2D eigenvalue weighted by molar-refractivity contribution is 7.13. The third-order valence-corrected chi connectivity index (χ3v) is 7.41. The standard InChI is InChI=1S/C24H28N6OS/c1-15-19-9-6-12-29(14-18-8-4-5-11-25-18)23(19)28-22(27-15)20-10-7-13-30(20)24(31)21-16(2)26-17(3)32-21/h4-5,8,11,20H,6-7,9-10,12-14H2,1-3H3/t20-/m1/s1. The highest BCUT2D eigenvalue weighted by Crippen LogP contribution is 2.36. The third-order valence-electron chi connectivity index (χ3n) is 6.35. The molecule has 2 aliphatic rings. The van der Waals surface area contributed by atoms with Crippen molar-refractivity contribution in [3.05, 3.63) is 62.8 Å². The molecule has 0 spiro atoms. The molecule has 32 heavy (non-hydrogen) atoms. The molecule has 1 amide bonds. The zero-order chi connectivity index (χ0) is 22.2. The van der Waals surface area contributed by atoms with Crippen molar-refractivity contribution < 1.29 is 4.79 Å². The summed E-state index contributed by atoms with van der Waals surface area (Å²) in [5, 5.41) is 0.924. The Bertz CT molecular complexity index is 1140. The normalized spacial score (nSPS) is 18.2. The van der Waals surface area contributed by atoms with Crippen molar-refractivity contribution in [1.29, 1.82) is 0 Å². The van der Waals surface area contributed by atoms with Crippen molar-refractivity contribution in [3.63, 3.8) is 0 Å². The summed E-state index contributed by atoms with van der Waals surface area (Å²) in [4.78, 5) is 37.3. The molecule has 1 saturated heterocycles. The quantitative estimate of drug-likeness (QED) is 0.596. The van der Waals surface area contributed by atoms with Crippen LogP contribution in [0.1, 0.15) is 68.5 Å². The Balaban J connectivity index is 1.47. The van der Waals surface area contributed by atoms with Gasteiger partial charge in [-0.05, 0) is 58.6 Å². The number of amides is 1. The summed E-state index contributed by atoms with van der Waals surface area (Å²) in [6.45, 7) is 8.35. The number of aryl methyl sites for hydroxylation is 3. The molecule has 0 saturated carbocycles. The number of likely N-dealkylation sites (tertiary alicyclic amines) is 1. The van der Waals surface area contributed by atoms with Crippen molar-refractivity contribution in [2.75, 3.05) is 18.0 Å². The summed E-state index contributed by atoms with van der Waals surface area (Å²) in [5.74, 6) is 1.83. The molecule has 0 N–H and O–H groups in total. The number of aromatic nitrogens is 4. The molecule has 1 atom stereocenters. The first-order chi connectivity index (χ1) is 15.5. The van der Waals surface area contributed by atoms with Crippen LogP contribution >= 0.6 is 11.3 Å². The van der Waals surface area contributed by atoms with E-state index in [0.29, 0.717) is 0 Å². The van der Waals surface area contributed by atoms with E-state index in [1.165, 1.54) is 16.9 Å². The van der Waals surface area contributed by atoms with Crippen LogP contribution in [-0.2, 0) is 13.0 Å². The lowest BCUT2D eigenvalue weighted by Gasteiger charge is -2.32. The van der Waals surface area contributed by atoms with E-state index in [0.717, 1.165) is 83.9 Å². The van der Waals surface area contributed by atoms with Gasteiger partial charge in [-0.3, -0.25) is 9.78 Å². The highest BCUT2D eigenvalue weighted by atomic mass is 32.1. The Labute approximate surface area is 192 Å². The van der Waals surface area contributed by atoms with Gasteiger partial charge in [-0.25, -0.2) is 15.0 Å². The molecule has 0 aromatic carbocycles. The van der Waals surface area contributed by atoms with Gasteiger partial charge in [0.1, 0.15) is 10.7 Å². The smallest absolute Gasteiger partial charge is 0.266 e. The highest BCUT2D eigenvalue weighted by Gasteiger charge is 2.35. The summed E-state index contributed by atoms with van der Waals surface area (Å²) in [7, 11) is 0. The molecule has 1 fully saturated rings. The van der Waals surface area contributed by atoms with Crippen LogP contribution in [0.4, 0.5) is 5.82 Å². The van der Waals surface area contributed by atoms with Crippen LogP contribution < -0.4 is 4.90 Å². The van der Waals surface area contributed by atoms with Gasteiger partial charge < -0.3 is 9.80 Å². The zero-order valence-corrected chi connectivity index (χ0v) is 19.7. The summed E-state index contributed by atoms with van der Waals surface area (Å²) < 4.78 is 0. The van der Waals surface area contributed by atoms with Crippen LogP contribution in [-0.4, -0.2) is 43.8 Å². The minimum Gasteiger partial charge on any atom is -0.350 e. The van der Waals surface area contributed by atoms with E-state index < -0.39 is 0 Å². The largest absolute Gasteiger partial charge is 0.350 e. The Morgan fingerprint density at radius 2 is 1.97 bits per heavy atom. The van der Waals surface area contributed by atoms with Crippen LogP contribution in [0.5, 0.6) is 0 Å². The summed E-state index contributed by atoms with van der Waals surface area (Å²) >= 11 is 1.48. The fraction of sp³-hybridized carbons (Fsp3) is 0.458. The number of fused-ring (bicyclic) bond motifs is 1. The zero-order valence-electron chi connectivity index (χ0n) is 18.8. The molecule has 8 heteroatoms. The first-order valence-electron chi connectivity index (χ1n) is 11.3. The fourth-order valence-corrected chi connectivity index (χ4v) is 5.71. The molecule has 5 heterocycles. The molecule has 0 radical (unpaired) electrons. The van der Waals surface area contributed by atoms with E-state index >= 15 is 0 Å². The number of thiazole rings is 1. The van der Waals surface area contributed by atoms with Crippen molar-refractivity contribution in [3.8, 4) is 0 Å². The number of nitrogens with zero attached hydrogens (tertiary/aromatic N) is 6. The number of anilines is 1. The van der Waals surface area contributed by atoms with Crippen LogP contribution in [0.3, 0.4) is 0 Å². The molecule has 0 aliphatic carbocycles. The number of pyridine rings is 1. The predicted octanol–water partition coefficient (Wildman–Crippen LogP) is 4.18. The lowest BCUT2D eigenvalue weighted by atomic mass is 10.0. The number of carbonyl (C=O) groups is 1. The molecule has 166 valence electrons. The number of hydrogen-bond acceptors (Lipinski definition) is 7. The predicted molar refractivity (Wildman–Crippen MR) is 125 cm³/mol. The van der Waals surface area contributed by atoms with E-state index in [1.807, 2.05) is 37.1 Å². The molecule has 3 aromatic heterocycles. The minimum absolute atomic E-state index is 0.0555. The van der Waals surface area contributed by atoms with Crippen molar-refractivity contribution in [2.45, 2.75) is 59.0 Å². The van der Waals surface area contributed by atoms with Crippen LogP contribution in [0, 0.1) is 20.8 Å². The van der Waals surface area contributed by atoms with Gasteiger partial charge in [0.15, 0.2) is 5.82 Å². The summed E-state index contributed by atoms with van der Waals surface area (Å²) in [5.41, 5.74) is 4.10. The summed E-state index contributed by atoms with van der Waals surface area (Å²) in [6, 6.07) is 5.93. The molecular weight excluding hydrogens is 420 g/mol. The maximum absolute atomic E-state index is 13.4. The average molecular weight is 449 g/mol. The van der Waals surface area contributed by atoms with Gasteiger partial charge >= 0.3 is 0 Å². The molecule has 0 bridgehead atoms. The van der Waals surface area contributed by atoms with Crippen molar-refractivity contribution in [2.24, 2.45) is 0 Å². The van der Waals surface area contributed by atoms with Gasteiger partial charge in [-0.15, -0.1) is 11.3 Å². The van der Waals surface area contributed by atoms with Crippen LogP contribution in [0.15, 0.2) is 24.4 Å². The van der Waals surface area contributed by atoms with Crippen molar-refractivity contribution >= 4 is 23.1 Å². The summed E-state index contributed by atoms with van der Waals surface area (Å²) in [6.07, 6.45) is 5.77. The van der Waals surface area contributed by atoms with Gasteiger partial charge in [-0.2, -0.15) is 0 Å².